The Hall–Kier alpha value is -3.95. The number of aliphatic hydroxyl groups is 2. The van der Waals surface area contributed by atoms with Gasteiger partial charge < -0.3 is 21.1 Å². The van der Waals surface area contributed by atoms with E-state index in [2.05, 4.69) is 29.2 Å². The van der Waals surface area contributed by atoms with Gasteiger partial charge in [-0.15, -0.1) is 0 Å². The van der Waals surface area contributed by atoms with E-state index in [4.69, 9.17) is 5.73 Å². The second-order valence-electron chi connectivity index (χ2n) is 14.0. The molecular weight excluding hydrogens is 558 g/mol. The maximum absolute atomic E-state index is 14.7. The fourth-order valence-corrected chi connectivity index (χ4v) is 8.84. The number of phenolic OH excluding ortho intramolecular Hbond substituents is 1. The van der Waals surface area contributed by atoms with E-state index in [1.54, 1.807) is 25.9 Å². The van der Waals surface area contributed by atoms with Crippen LogP contribution in [0.4, 0.5) is 0 Å². The monoisotopic (exact) mass is 599 g/mol. The lowest BCUT2D eigenvalue weighted by Crippen LogP contribution is -2.68. The van der Waals surface area contributed by atoms with Crippen molar-refractivity contribution in [2.24, 2.45) is 22.0 Å². The maximum atomic E-state index is 14.7. The molecule has 232 valence electrons. The zero-order valence-electron chi connectivity index (χ0n) is 26.0. The number of nitrogens with zero attached hydrogens (tertiary/aromatic N) is 2. The molecule has 0 bridgehead atoms. The molecule has 1 saturated carbocycles. The van der Waals surface area contributed by atoms with Crippen LogP contribution < -0.4 is 5.73 Å². The summed E-state index contributed by atoms with van der Waals surface area (Å²) in [4.78, 5) is 44.9. The lowest BCUT2D eigenvalue weighted by Gasteiger charge is -2.61. The van der Waals surface area contributed by atoms with Crippen LogP contribution in [-0.4, -0.2) is 75.8 Å². The molecule has 2 aromatic rings. The van der Waals surface area contributed by atoms with Gasteiger partial charge in [0.05, 0.1) is 17.0 Å². The van der Waals surface area contributed by atoms with Gasteiger partial charge in [0.25, 0.3) is 5.91 Å². The minimum Gasteiger partial charge on any atom is -0.510 e. The molecule has 1 aliphatic heterocycles. The summed E-state index contributed by atoms with van der Waals surface area (Å²) < 4.78 is 0. The SMILES string of the molecule is CN(C)C1C(=O)C(C(N)=O)=C(O)C2(C)C(=O)C3=C(O)c4c(O)ccc(-c5ccc(CN6CCCC6)cc5)c4C[C@@]3(C)C[C@@]12C. The van der Waals surface area contributed by atoms with Crippen molar-refractivity contribution in [2.75, 3.05) is 27.2 Å². The number of Topliss-reactive ketones (excluding diaryl/α,β-unsaturated/α-hetero) is 2. The molecule has 4 aliphatic rings. The Morgan fingerprint density at radius 1 is 1.00 bits per heavy atom. The molecule has 4 atom stereocenters. The first kappa shape index (κ1) is 30.1. The average Bonchev–Trinajstić information content (AvgIpc) is 3.44. The van der Waals surface area contributed by atoms with Crippen LogP contribution in [-0.2, 0) is 27.3 Å². The van der Waals surface area contributed by atoms with Crippen molar-refractivity contribution in [3.8, 4) is 16.9 Å². The smallest absolute Gasteiger partial charge is 0.255 e. The Kier molecular flexibility index (Phi) is 6.86. The summed E-state index contributed by atoms with van der Waals surface area (Å²) in [5.41, 5.74) is 5.06. The predicted molar refractivity (Wildman–Crippen MR) is 167 cm³/mol. The van der Waals surface area contributed by atoms with Crippen LogP contribution in [0.3, 0.4) is 0 Å². The van der Waals surface area contributed by atoms with E-state index in [-0.39, 0.29) is 29.1 Å². The van der Waals surface area contributed by atoms with Crippen molar-refractivity contribution in [3.05, 3.63) is 70.0 Å². The number of likely N-dealkylation sites (N-methyl/N-ethyl adjacent to an activating group) is 1. The first-order chi connectivity index (χ1) is 20.7. The number of benzene rings is 2. The van der Waals surface area contributed by atoms with Crippen molar-refractivity contribution in [1.29, 1.82) is 0 Å². The highest BCUT2D eigenvalue weighted by atomic mass is 16.3. The van der Waals surface area contributed by atoms with Crippen molar-refractivity contribution < 1.29 is 29.7 Å². The molecule has 2 aromatic carbocycles. The third kappa shape index (κ3) is 4.02. The van der Waals surface area contributed by atoms with Crippen LogP contribution >= 0.6 is 0 Å². The predicted octanol–water partition coefficient (Wildman–Crippen LogP) is 4.28. The van der Waals surface area contributed by atoms with Gasteiger partial charge in [-0.05, 0) is 88.1 Å². The van der Waals surface area contributed by atoms with Gasteiger partial charge in [-0.1, -0.05) is 44.2 Å². The van der Waals surface area contributed by atoms with Crippen LogP contribution in [0.1, 0.15) is 56.7 Å². The Morgan fingerprint density at radius 2 is 1.64 bits per heavy atom. The van der Waals surface area contributed by atoms with Crippen LogP contribution in [0.25, 0.3) is 16.9 Å². The summed E-state index contributed by atoms with van der Waals surface area (Å²) in [6.07, 6.45) is 2.99. The number of hydrogen-bond donors (Lipinski definition) is 4. The summed E-state index contributed by atoms with van der Waals surface area (Å²) in [6.45, 7) is 8.30. The molecule has 9 heteroatoms. The molecule has 44 heavy (non-hydrogen) atoms. The summed E-state index contributed by atoms with van der Waals surface area (Å²) >= 11 is 0. The first-order valence-corrected chi connectivity index (χ1v) is 15.3. The van der Waals surface area contributed by atoms with E-state index in [0.717, 1.165) is 30.8 Å². The van der Waals surface area contributed by atoms with Gasteiger partial charge in [0.1, 0.15) is 22.8 Å². The lowest BCUT2D eigenvalue weighted by molar-refractivity contribution is -0.153. The second kappa shape index (κ2) is 10.0. The van der Waals surface area contributed by atoms with Gasteiger partial charge in [-0.2, -0.15) is 0 Å². The minimum absolute atomic E-state index is 0.0700. The number of ketones is 2. The van der Waals surface area contributed by atoms with Crippen molar-refractivity contribution in [1.82, 2.24) is 9.80 Å². The fourth-order valence-electron chi connectivity index (χ4n) is 8.84. The standard InChI is InChI=1S/C35H41N3O6/c1-33-16-22-21(20-10-8-19(9-11-20)17-38-14-6-7-15-38)12-13-23(39)24(22)27(40)26(33)31(43)35(3)30(42)25(32(36)44)28(41)29(37(4)5)34(35,2)18-33/h8-13,29,39-40,42H,6-7,14-18H2,1-5H3,(H2,36,44)/t29?,33-,34-,35?/m0/s1. The quantitative estimate of drug-likeness (QED) is 0.373. The molecule has 0 aromatic heterocycles. The molecule has 9 nitrogen and oxygen atoms in total. The highest BCUT2D eigenvalue weighted by Gasteiger charge is 2.70. The zero-order chi connectivity index (χ0) is 31.9. The van der Waals surface area contributed by atoms with Gasteiger partial charge in [-0.25, -0.2) is 0 Å². The van der Waals surface area contributed by atoms with Crippen molar-refractivity contribution in [3.63, 3.8) is 0 Å². The molecule has 2 fully saturated rings. The summed E-state index contributed by atoms with van der Waals surface area (Å²) in [7, 11) is 3.40. The average molecular weight is 600 g/mol. The number of rotatable bonds is 5. The summed E-state index contributed by atoms with van der Waals surface area (Å²) in [5, 5.41) is 34.4. The normalized spacial score (nSPS) is 30.5. The van der Waals surface area contributed by atoms with Crippen molar-refractivity contribution in [2.45, 2.75) is 59.0 Å². The summed E-state index contributed by atoms with van der Waals surface area (Å²) in [5.74, 6) is -3.50. The number of allylic oxidation sites excluding steroid dienone is 2. The highest BCUT2D eigenvalue weighted by molar-refractivity contribution is 6.24. The third-order valence-electron chi connectivity index (χ3n) is 11.0. The summed E-state index contributed by atoms with van der Waals surface area (Å²) in [6, 6.07) is 10.7. The minimum atomic E-state index is -1.74. The maximum Gasteiger partial charge on any atom is 0.255 e. The molecule has 1 heterocycles. The molecule has 0 spiro atoms. The molecule has 2 unspecified atom stereocenters. The fraction of sp³-hybridized carbons (Fsp3) is 0.457. The molecule has 1 saturated heterocycles. The van der Waals surface area contributed by atoms with Crippen LogP contribution in [0.2, 0.25) is 0 Å². The Labute approximate surface area is 257 Å². The number of aliphatic hydroxyl groups excluding tert-OH is 2. The van der Waals surface area contributed by atoms with Gasteiger partial charge >= 0.3 is 0 Å². The number of amides is 1. The Morgan fingerprint density at radius 3 is 2.23 bits per heavy atom. The number of aromatic hydroxyl groups is 1. The number of carbonyl (C=O) groups is 3. The molecule has 5 N–H and O–H groups in total. The van der Waals surface area contributed by atoms with Crippen LogP contribution in [0.15, 0.2) is 53.3 Å². The molecule has 3 aliphatic carbocycles. The number of phenols is 1. The van der Waals surface area contributed by atoms with Gasteiger partial charge in [0, 0.05) is 22.9 Å². The van der Waals surface area contributed by atoms with Crippen molar-refractivity contribution >= 4 is 23.2 Å². The van der Waals surface area contributed by atoms with E-state index in [1.165, 1.54) is 31.4 Å². The third-order valence-corrected chi connectivity index (χ3v) is 11.0. The van der Waals surface area contributed by atoms with Gasteiger partial charge in [0.15, 0.2) is 11.6 Å². The van der Waals surface area contributed by atoms with E-state index >= 15 is 0 Å². The first-order valence-electron chi connectivity index (χ1n) is 15.3. The number of hydrogen-bond acceptors (Lipinski definition) is 8. The van der Waals surface area contributed by atoms with E-state index in [9.17, 15) is 29.7 Å². The van der Waals surface area contributed by atoms with E-state index in [0.29, 0.717) is 12.0 Å². The van der Waals surface area contributed by atoms with E-state index < -0.39 is 51.1 Å². The van der Waals surface area contributed by atoms with Gasteiger partial charge in [0.2, 0.25) is 0 Å². The van der Waals surface area contributed by atoms with Crippen LogP contribution in [0.5, 0.6) is 5.75 Å². The van der Waals surface area contributed by atoms with E-state index in [1.807, 2.05) is 13.0 Å². The number of nitrogens with two attached hydrogens (primary N) is 1. The number of fused-ring (bicyclic) bond motifs is 3. The molecule has 1 amide bonds. The lowest BCUT2D eigenvalue weighted by atomic mass is 9.42. The number of primary amides is 1. The molecule has 0 radical (unpaired) electrons. The molecule has 6 rings (SSSR count). The highest BCUT2D eigenvalue weighted by Crippen LogP contribution is 2.66. The van der Waals surface area contributed by atoms with Gasteiger partial charge in [-0.3, -0.25) is 24.2 Å². The number of likely N-dealkylation sites (tertiary alicyclic amines) is 1. The molecular formula is C35H41N3O6. The van der Waals surface area contributed by atoms with Crippen LogP contribution in [0, 0.1) is 16.2 Å². The Balaban J connectivity index is 1.51. The zero-order valence-corrected chi connectivity index (χ0v) is 26.0. The largest absolute Gasteiger partial charge is 0.510 e. The second-order valence-corrected chi connectivity index (χ2v) is 14.0. The topological polar surface area (TPSA) is 144 Å². The number of carbonyl (C=O) groups excluding carboxylic acids is 3. The Bertz CT molecular complexity index is 1670.